The quantitative estimate of drug-likeness (QED) is 0.900. The van der Waals surface area contributed by atoms with Crippen molar-refractivity contribution in [3.63, 3.8) is 0 Å². The van der Waals surface area contributed by atoms with E-state index in [1.165, 1.54) is 17.7 Å². The molecule has 3 heterocycles. The van der Waals surface area contributed by atoms with Crippen molar-refractivity contribution < 1.29 is 19.4 Å². The van der Waals surface area contributed by atoms with E-state index in [9.17, 15) is 14.7 Å². The Labute approximate surface area is 141 Å². The third-order valence-electron chi connectivity index (χ3n) is 4.60. The van der Waals surface area contributed by atoms with Gasteiger partial charge >= 0.3 is 5.97 Å². The Morgan fingerprint density at radius 2 is 1.88 bits per heavy atom. The van der Waals surface area contributed by atoms with Crippen molar-refractivity contribution in [2.75, 3.05) is 37.7 Å². The summed E-state index contributed by atoms with van der Waals surface area (Å²) in [7, 11) is 0. The maximum Gasteiger partial charge on any atom is 0.328 e. The first-order chi connectivity index (χ1) is 11.7. The standard InChI is InChI=1S/C17H23N3O4/c21-16(20-9-10-24-12-14(20)17(22)23)13-5-6-15(18-11-13)19-7-3-1-2-4-8-19/h5-6,11,14H,1-4,7-10,12H2,(H,22,23). The van der Waals surface area contributed by atoms with Gasteiger partial charge in [-0.2, -0.15) is 0 Å². The summed E-state index contributed by atoms with van der Waals surface area (Å²) >= 11 is 0. The molecule has 0 bridgehead atoms. The lowest BCUT2D eigenvalue weighted by atomic mass is 10.1. The summed E-state index contributed by atoms with van der Waals surface area (Å²) in [5.41, 5.74) is 0.418. The van der Waals surface area contributed by atoms with Crippen LogP contribution in [0.1, 0.15) is 36.0 Å². The topological polar surface area (TPSA) is 83.0 Å². The van der Waals surface area contributed by atoms with Crippen LogP contribution in [-0.2, 0) is 9.53 Å². The molecule has 1 unspecified atom stereocenters. The number of carboxylic acids is 1. The second kappa shape index (κ2) is 7.61. The van der Waals surface area contributed by atoms with Gasteiger partial charge in [0.25, 0.3) is 5.91 Å². The highest BCUT2D eigenvalue weighted by Gasteiger charge is 2.33. The highest BCUT2D eigenvalue weighted by atomic mass is 16.5. The van der Waals surface area contributed by atoms with E-state index in [1.807, 2.05) is 6.07 Å². The second-order valence-corrected chi connectivity index (χ2v) is 6.23. The molecule has 0 aliphatic carbocycles. The van der Waals surface area contributed by atoms with Gasteiger partial charge in [-0.25, -0.2) is 9.78 Å². The fourth-order valence-electron chi connectivity index (χ4n) is 3.22. The van der Waals surface area contributed by atoms with E-state index in [-0.39, 0.29) is 19.1 Å². The van der Waals surface area contributed by atoms with Gasteiger partial charge in [-0.05, 0) is 25.0 Å². The molecule has 1 amide bonds. The number of ether oxygens (including phenoxy) is 1. The summed E-state index contributed by atoms with van der Waals surface area (Å²) in [6, 6.07) is 2.66. The zero-order valence-corrected chi connectivity index (χ0v) is 13.7. The lowest BCUT2D eigenvalue weighted by Crippen LogP contribution is -2.52. The SMILES string of the molecule is O=C(O)C1COCCN1C(=O)c1ccc(N2CCCCCC2)nc1. The Morgan fingerprint density at radius 3 is 2.50 bits per heavy atom. The number of morpholine rings is 1. The van der Waals surface area contributed by atoms with Gasteiger partial charge in [0.15, 0.2) is 6.04 Å². The Kier molecular flexibility index (Phi) is 5.30. The predicted molar refractivity (Wildman–Crippen MR) is 88.2 cm³/mol. The number of aromatic nitrogens is 1. The molecule has 7 heteroatoms. The number of hydrogen-bond donors (Lipinski definition) is 1. The Morgan fingerprint density at radius 1 is 1.12 bits per heavy atom. The molecule has 2 aliphatic rings. The second-order valence-electron chi connectivity index (χ2n) is 6.23. The highest BCUT2D eigenvalue weighted by Crippen LogP contribution is 2.19. The predicted octanol–water partition coefficient (Wildman–Crippen LogP) is 1.39. The van der Waals surface area contributed by atoms with E-state index < -0.39 is 12.0 Å². The third-order valence-corrected chi connectivity index (χ3v) is 4.60. The first-order valence-corrected chi connectivity index (χ1v) is 8.49. The Hall–Kier alpha value is -2.15. The fourth-order valence-corrected chi connectivity index (χ4v) is 3.22. The molecule has 7 nitrogen and oxygen atoms in total. The van der Waals surface area contributed by atoms with Crippen LogP contribution < -0.4 is 4.90 Å². The number of carboxylic acid groups (broad SMARTS) is 1. The Balaban J connectivity index is 1.72. The number of carbonyl (C=O) groups excluding carboxylic acids is 1. The molecule has 1 aromatic heterocycles. The minimum atomic E-state index is -1.04. The van der Waals surface area contributed by atoms with E-state index in [0.717, 1.165) is 31.7 Å². The zero-order chi connectivity index (χ0) is 16.9. The van der Waals surface area contributed by atoms with Crippen molar-refractivity contribution in [1.82, 2.24) is 9.88 Å². The maximum absolute atomic E-state index is 12.6. The number of pyridine rings is 1. The van der Waals surface area contributed by atoms with Crippen LogP contribution in [-0.4, -0.2) is 65.8 Å². The molecule has 1 N–H and O–H groups in total. The van der Waals surface area contributed by atoms with E-state index in [1.54, 1.807) is 12.3 Å². The summed E-state index contributed by atoms with van der Waals surface area (Å²) in [6.45, 7) is 2.65. The normalized spacial score (nSPS) is 22.1. The maximum atomic E-state index is 12.6. The van der Waals surface area contributed by atoms with Crippen molar-refractivity contribution in [2.24, 2.45) is 0 Å². The molecule has 0 saturated carbocycles. The molecule has 1 atom stereocenters. The zero-order valence-electron chi connectivity index (χ0n) is 13.7. The van der Waals surface area contributed by atoms with Crippen LogP contribution in [0.4, 0.5) is 5.82 Å². The molecule has 130 valence electrons. The lowest BCUT2D eigenvalue weighted by molar-refractivity contribution is -0.147. The Bertz CT molecular complexity index is 582. The minimum Gasteiger partial charge on any atom is -0.480 e. The monoisotopic (exact) mass is 333 g/mol. The van der Waals surface area contributed by atoms with Gasteiger partial charge < -0.3 is 19.6 Å². The molecule has 0 radical (unpaired) electrons. The summed E-state index contributed by atoms with van der Waals surface area (Å²) in [6.07, 6.45) is 6.38. The highest BCUT2D eigenvalue weighted by molar-refractivity contribution is 5.96. The number of nitrogens with zero attached hydrogens (tertiary/aromatic N) is 3. The molecule has 2 aliphatic heterocycles. The molecule has 1 aromatic rings. The van der Waals surface area contributed by atoms with Crippen molar-refractivity contribution in [1.29, 1.82) is 0 Å². The molecule has 3 rings (SSSR count). The van der Waals surface area contributed by atoms with Gasteiger partial charge in [0, 0.05) is 25.8 Å². The summed E-state index contributed by atoms with van der Waals surface area (Å²) < 4.78 is 5.17. The molecule has 0 spiro atoms. The molecular weight excluding hydrogens is 310 g/mol. The largest absolute Gasteiger partial charge is 0.480 e. The van der Waals surface area contributed by atoms with Gasteiger partial charge in [0.2, 0.25) is 0 Å². The van der Waals surface area contributed by atoms with Gasteiger partial charge in [-0.3, -0.25) is 4.79 Å². The first kappa shape index (κ1) is 16.7. The third kappa shape index (κ3) is 3.67. The summed E-state index contributed by atoms with van der Waals surface area (Å²) in [5.74, 6) is -0.469. The molecule has 2 fully saturated rings. The van der Waals surface area contributed by atoms with Crippen LogP contribution in [0.5, 0.6) is 0 Å². The average molecular weight is 333 g/mol. The number of anilines is 1. The van der Waals surface area contributed by atoms with E-state index in [2.05, 4.69) is 9.88 Å². The van der Waals surface area contributed by atoms with Gasteiger partial charge in [-0.1, -0.05) is 12.8 Å². The number of amides is 1. The van der Waals surface area contributed by atoms with Crippen molar-refractivity contribution in [2.45, 2.75) is 31.7 Å². The smallest absolute Gasteiger partial charge is 0.328 e. The minimum absolute atomic E-state index is 0.0281. The number of rotatable bonds is 3. The lowest BCUT2D eigenvalue weighted by Gasteiger charge is -2.32. The van der Waals surface area contributed by atoms with E-state index in [4.69, 9.17) is 4.74 Å². The number of carbonyl (C=O) groups is 2. The molecule has 2 saturated heterocycles. The van der Waals surface area contributed by atoms with E-state index in [0.29, 0.717) is 12.2 Å². The van der Waals surface area contributed by atoms with Gasteiger partial charge in [-0.15, -0.1) is 0 Å². The first-order valence-electron chi connectivity index (χ1n) is 8.49. The number of hydrogen-bond acceptors (Lipinski definition) is 5. The van der Waals surface area contributed by atoms with E-state index >= 15 is 0 Å². The van der Waals surface area contributed by atoms with Crippen molar-refractivity contribution in [3.05, 3.63) is 23.9 Å². The summed E-state index contributed by atoms with van der Waals surface area (Å²) in [4.78, 5) is 31.9. The summed E-state index contributed by atoms with van der Waals surface area (Å²) in [5, 5.41) is 9.25. The molecule has 24 heavy (non-hydrogen) atoms. The van der Waals surface area contributed by atoms with Crippen molar-refractivity contribution >= 4 is 17.7 Å². The fraction of sp³-hybridized carbons (Fsp3) is 0.588. The van der Waals surface area contributed by atoms with Crippen LogP contribution in [0.2, 0.25) is 0 Å². The van der Waals surface area contributed by atoms with Crippen LogP contribution in [0, 0.1) is 0 Å². The van der Waals surface area contributed by atoms with Crippen molar-refractivity contribution in [3.8, 4) is 0 Å². The van der Waals surface area contributed by atoms with Crippen LogP contribution >= 0.6 is 0 Å². The molecule has 0 aromatic carbocycles. The van der Waals surface area contributed by atoms with Crippen LogP contribution in [0.3, 0.4) is 0 Å². The van der Waals surface area contributed by atoms with Crippen LogP contribution in [0.25, 0.3) is 0 Å². The average Bonchev–Trinajstić information content (AvgIpc) is 2.90. The van der Waals surface area contributed by atoms with Gasteiger partial charge in [0.05, 0.1) is 18.8 Å². The molecular formula is C17H23N3O4. The number of aliphatic carboxylic acids is 1. The van der Waals surface area contributed by atoms with Gasteiger partial charge in [0.1, 0.15) is 5.82 Å². The van der Waals surface area contributed by atoms with Crippen LogP contribution in [0.15, 0.2) is 18.3 Å².